The molecule has 0 saturated carbocycles. The molecule has 0 aliphatic rings. The molecule has 0 atom stereocenters. The molecule has 134 valence electrons. The predicted octanol–water partition coefficient (Wildman–Crippen LogP) is 1.94. The number of phenols is 1. The van der Waals surface area contributed by atoms with E-state index in [9.17, 15) is 24.8 Å². The van der Waals surface area contributed by atoms with Crippen LogP contribution < -0.4 is 10.7 Å². The first-order valence-electron chi connectivity index (χ1n) is 7.20. The van der Waals surface area contributed by atoms with Crippen LogP contribution in [0.4, 0.5) is 5.69 Å². The van der Waals surface area contributed by atoms with E-state index in [-0.39, 0.29) is 6.54 Å². The summed E-state index contributed by atoms with van der Waals surface area (Å²) in [6.07, 6.45) is 1.21. The molecular weight excluding hydrogens is 408 g/mol. The highest BCUT2D eigenvalue weighted by molar-refractivity contribution is 9.10. The van der Waals surface area contributed by atoms with Crippen molar-refractivity contribution in [2.45, 2.75) is 0 Å². The van der Waals surface area contributed by atoms with Crippen molar-refractivity contribution in [3.8, 4) is 5.75 Å². The van der Waals surface area contributed by atoms with E-state index in [1.54, 1.807) is 24.3 Å². The van der Waals surface area contributed by atoms with Gasteiger partial charge < -0.3 is 10.4 Å². The molecule has 2 amide bonds. The highest BCUT2D eigenvalue weighted by atomic mass is 79.9. The van der Waals surface area contributed by atoms with Gasteiger partial charge in [0.1, 0.15) is 0 Å². The Hall–Kier alpha value is -3.27. The van der Waals surface area contributed by atoms with Gasteiger partial charge in [-0.2, -0.15) is 5.10 Å². The number of nitro groups is 1. The number of amides is 2. The Labute approximate surface area is 156 Å². The number of carbonyl (C=O) groups is 2. The van der Waals surface area contributed by atoms with Gasteiger partial charge in [-0.1, -0.05) is 12.1 Å². The normalized spacial score (nSPS) is 10.5. The van der Waals surface area contributed by atoms with E-state index < -0.39 is 28.2 Å². The predicted molar refractivity (Wildman–Crippen MR) is 97.0 cm³/mol. The molecule has 0 aliphatic carbocycles. The summed E-state index contributed by atoms with van der Waals surface area (Å²) >= 11 is 3.24. The van der Waals surface area contributed by atoms with E-state index >= 15 is 0 Å². The fourth-order valence-electron chi connectivity index (χ4n) is 1.89. The van der Waals surface area contributed by atoms with Crippen LogP contribution in [0.5, 0.6) is 5.75 Å². The number of aromatic hydroxyl groups is 1. The second-order valence-electron chi connectivity index (χ2n) is 4.96. The third-order valence-electron chi connectivity index (χ3n) is 3.13. The van der Waals surface area contributed by atoms with Crippen molar-refractivity contribution >= 4 is 39.6 Å². The molecule has 2 aromatic rings. The number of nitrogens with zero attached hydrogens (tertiary/aromatic N) is 2. The summed E-state index contributed by atoms with van der Waals surface area (Å²) in [6.45, 7) is -0.289. The Bertz CT molecular complexity index is 885. The summed E-state index contributed by atoms with van der Waals surface area (Å²) in [4.78, 5) is 33.5. The van der Waals surface area contributed by atoms with Gasteiger partial charge in [0.25, 0.3) is 11.8 Å². The van der Waals surface area contributed by atoms with Crippen LogP contribution >= 0.6 is 15.9 Å². The lowest BCUT2D eigenvalue weighted by Crippen LogP contribution is -2.35. The largest absolute Gasteiger partial charge is 0.502 e. The number of nitro benzene ring substituents is 1. The van der Waals surface area contributed by atoms with Crippen molar-refractivity contribution < 1.29 is 19.6 Å². The molecule has 0 bridgehead atoms. The standard InChI is InChI=1S/C16H13BrN4O5/c17-12-4-2-1-3-11(12)16(24)18-9-15(23)20-19-8-10-5-6-13(21(25)26)14(22)7-10/h1-8,22H,9H2,(H,18,24)(H,20,23). The van der Waals surface area contributed by atoms with Crippen molar-refractivity contribution in [1.82, 2.24) is 10.7 Å². The van der Waals surface area contributed by atoms with Gasteiger partial charge in [-0.3, -0.25) is 19.7 Å². The van der Waals surface area contributed by atoms with Crippen molar-refractivity contribution in [2.24, 2.45) is 5.10 Å². The van der Waals surface area contributed by atoms with Gasteiger partial charge in [-0.05, 0) is 45.8 Å². The Kier molecular flexibility index (Phi) is 6.39. The van der Waals surface area contributed by atoms with Gasteiger partial charge in [0.15, 0.2) is 5.75 Å². The zero-order chi connectivity index (χ0) is 19.1. The molecule has 0 spiro atoms. The third kappa shape index (κ3) is 5.11. The number of hydrogen-bond acceptors (Lipinski definition) is 6. The van der Waals surface area contributed by atoms with Crippen molar-refractivity contribution in [2.75, 3.05) is 6.54 Å². The minimum Gasteiger partial charge on any atom is -0.502 e. The molecule has 0 saturated heterocycles. The first-order valence-corrected chi connectivity index (χ1v) is 8.00. The number of phenolic OH excluding ortho intramolecular Hbond substituents is 1. The maximum absolute atomic E-state index is 11.9. The average Bonchev–Trinajstić information content (AvgIpc) is 2.60. The quantitative estimate of drug-likeness (QED) is 0.372. The summed E-state index contributed by atoms with van der Waals surface area (Å²) < 4.78 is 0.605. The van der Waals surface area contributed by atoms with Crippen LogP contribution in [-0.4, -0.2) is 34.6 Å². The van der Waals surface area contributed by atoms with E-state index in [2.05, 4.69) is 31.8 Å². The molecule has 0 aliphatic heterocycles. The Morgan fingerprint density at radius 3 is 2.65 bits per heavy atom. The first kappa shape index (κ1) is 19.1. The van der Waals surface area contributed by atoms with Crippen LogP contribution in [0.15, 0.2) is 52.0 Å². The Morgan fingerprint density at radius 1 is 1.27 bits per heavy atom. The lowest BCUT2D eigenvalue weighted by Gasteiger charge is -2.05. The summed E-state index contributed by atoms with van der Waals surface area (Å²) in [5, 5.41) is 26.2. The van der Waals surface area contributed by atoms with Crippen LogP contribution in [0, 0.1) is 10.1 Å². The second-order valence-corrected chi connectivity index (χ2v) is 5.82. The van der Waals surface area contributed by atoms with Gasteiger partial charge in [0.2, 0.25) is 0 Å². The molecule has 0 heterocycles. The second kappa shape index (κ2) is 8.72. The number of benzene rings is 2. The molecule has 0 aromatic heterocycles. The third-order valence-corrected chi connectivity index (χ3v) is 3.82. The van der Waals surface area contributed by atoms with Gasteiger partial charge in [-0.25, -0.2) is 5.43 Å². The molecule has 2 rings (SSSR count). The smallest absolute Gasteiger partial charge is 0.310 e. The van der Waals surface area contributed by atoms with Crippen LogP contribution in [0.25, 0.3) is 0 Å². The number of nitrogens with one attached hydrogen (secondary N) is 2. The number of hydrazone groups is 1. The molecule has 26 heavy (non-hydrogen) atoms. The molecule has 0 fully saturated rings. The van der Waals surface area contributed by atoms with Crippen LogP contribution in [0.3, 0.4) is 0 Å². The summed E-state index contributed by atoms with van der Waals surface area (Å²) in [6, 6.07) is 10.4. The maximum Gasteiger partial charge on any atom is 0.310 e. The molecule has 9 nitrogen and oxygen atoms in total. The van der Waals surface area contributed by atoms with Crippen molar-refractivity contribution in [3.05, 3.63) is 68.2 Å². The van der Waals surface area contributed by atoms with E-state index in [1.165, 1.54) is 12.3 Å². The van der Waals surface area contributed by atoms with E-state index in [4.69, 9.17) is 0 Å². The zero-order valence-electron chi connectivity index (χ0n) is 13.2. The van der Waals surface area contributed by atoms with Gasteiger partial charge in [-0.15, -0.1) is 0 Å². The number of rotatable bonds is 6. The minimum absolute atomic E-state index is 0.289. The lowest BCUT2D eigenvalue weighted by atomic mass is 10.2. The first-order chi connectivity index (χ1) is 12.4. The fourth-order valence-corrected chi connectivity index (χ4v) is 2.36. The van der Waals surface area contributed by atoms with Crippen LogP contribution in [0.1, 0.15) is 15.9 Å². The molecule has 3 N–H and O–H groups in total. The van der Waals surface area contributed by atoms with E-state index in [1.807, 2.05) is 0 Å². The van der Waals surface area contributed by atoms with Crippen LogP contribution in [-0.2, 0) is 4.79 Å². The highest BCUT2D eigenvalue weighted by Crippen LogP contribution is 2.25. The summed E-state index contributed by atoms with van der Waals surface area (Å²) in [5.74, 6) is -1.49. The van der Waals surface area contributed by atoms with Gasteiger partial charge in [0.05, 0.1) is 23.2 Å². The number of halogens is 1. The molecule has 0 radical (unpaired) electrons. The molecule has 10 heteroatoms. The highest BCUT2D eigenvalue weighted by Gasteiger charge is 2.12. The number of hydrogen-bond donors (Lipinski definition) is 3. The molecular formula is C16H13BrN4O5. The zero-order valence-corrected chi connectivity index (χ0v) is 14.8. The Balaban J connectivity index is 1.86. The fraction of sp³-hybridized carbons (Fsp3) is 0.0625. The van der Waals surface area contributed by atoms with E-state index in [0.717, 1.165) is 12.1 Å². The Morgan fingerprint density at radius 2 is 2.00 bits per heavy atom. The van der Waals surface area contributed by atoms with Gasteiger partial charge in [0, 0.05) is 10.5 Å². The number of carbonyl (C=O) groups excluding carboxylic acids is 2. The monoisotopic (exact) mass is 420 g/mol. The summed E-state index contributed by atoms with van der Waals surface area (Å²) in [7, 11) is 0. The topological polar surface area (TPSA) is 134 Å². The average molecular weight is 421 g/mol. The van der Waals surface area contributed by atoms with Crippen LogP contribution in [0.2, 0.25) is 0 Å². The van der Waals surface area contributed by atoms with E-state index in [0.29, 0.717) is 15.6 Å². The molecule has 2 aromatic carbocycles. The molecule has 0 unspecified atom stereocenters. The summed E-state index contributed by atoms with van der Waals surface area (Å²) in [5.41, 5.74) is 2.51. The van der Waals surface area contributed by atoms with Crippen molar-refractivity contribution in [1.29, 1.82) is 0 Å². The SMILES string of the molecule is O=C(CNC(=O)c1ccccc1Br)NN=Cc1ccc([N+](=O)[O-])c(O)c1. The van der Waals surface area contributed by atoms with Gasteiger partial charge >= 0.3 is 5.69 Å². The lowest BCUT2D eigenvalue weighted by molar-refractivity contribution is -0.385. The van der Waals surface area contributed by atoms with Crippen molar-refractivity contribution in [3.63, 3.8) is 0 Å². The minimum atomic E-state index is -0.716. The maximum atomic E-state index is 11.9.